The Bertz CT molecular complexity index is 621. The number of aromatic nitrogens is 2. The summed E-state index contributed by atoms with van der Waals surface area (Å²) < 4.78 is 23.3. The SMILES string of the molecule is CCc1[nH]nc(C(=O)NCC(C)(C)C(C)C)c1S(=O)(=O)Cl. The second-order valence-corrected chi connectivity index (χ2v) is 8.50. The number of carbonyl (C=O) groups excluding carboxylic acids is 1. The van der Waals surface area contributed by atoms with E-state index in [1.54, 1.807) is 6.92 Å². The third-order valence-electron chi connectivity index (χ3n) is 3.87. The molecule has 0 bridgehead atoms. The summed E-state index contributed by atoms with van der Waals surface area (Å²) in [7, 11) is 1.38. The fourth-order valence-electron chi connectivity index (χ4n) is 1.62. The highest BCUT2D eigenvalue weighted by molar-refractivity contribution is 8.13. The van der Waals surface area contributed by atoms with Crippen LogP contribution in [0.2, 0.25) is 0 Å². The van der Waals surface area contributed by atoms with Crippen LogP contribution in [0.15, 0.2) is 4.90 Å². The summed E-state index contributed by atoms with van der Waals surface area (Å²) in [6, 6.07) is 0. The number of rotatable bonds is 6. The first-order valence-electron chi connectivity index (χ1n) is 6.80. The molecule has 1 aromatic rings. The smallest absolute Gasteiger partial charge is 0.273 e. The summed E-state index contributed by atoms with van der Waals surface area (Å²) in [5, 5.41) is 9.08. The van der Waals surface area contributed by atoms with Crippen LogP contribution < -0.4 is 5.32 Å². The monoisotopic (exact) mass is 335 g/mol. The molecular formula is C13H22ClN3O3S. The van der Waals surface area contributed by atoms with Crippen molar-refractivity contribution in [3.05, 3.63) is 11.4 Å². The molecule has 2 N–H and O–H groups in total. The highest BCUT2D eigenvalue weighted by Crippen LogP contribution is 2.26. The maximum absolute atomic E-state index is 12.2. The predicted octanol–water partition coefficient (Wildman–Crippen LogP) is 2.31. The van der Waals surface area contributed by atoms with Gasteiger partial charge in [-0.3, -0.25) is 9.89 Å². The lowest BCUT2D eigenvalue weighted by Crippen LogP contribution is -2.37. The molecule has 0 spiro atoms. The van der Waals surface area contributed by atoms with E-state index in [1.807, 2.05) is 13.8 Å². The van der Waals surface area contributed by atoms with Crippen molar-refractivity contribution >= 4 is 25.6 Å². The van der Waals surface area contributed by atoms with E-state index < -0.39 is 15.0 Å². The minimum atomic E-state index is -4.03. The second-order valence-electron chi connectivity index (χ2n) is 6.00. The number of aromatic amines is 1. The van der Waals surface area contributed by atoms with Gasteiger partial charge in [0.1, 0.15) is 4.90 Å². The molecule has 0 aliphatic carbocycles. The van der Waals surface area contributed by atoms with Crippen LogP contribution in [0, 0.1) is 11.3 Å². The largest absolute Gasteiger partial charge is 0.350 e. The van der Waals surface area contributed by atoms with Crippen LogP contribution in [0.1, 0.15) is 50.8 Å². The van der Waals surface area contributed by atoms with E-state index in [1.165, 1.54) is 0 Å². The minimum Gasteiger partial charge on any atom is -0.350 e. The Labute approximate surface area is 130 Å². The van der Waals surface area contributed by atoms with Crippen molar-refractivity contribution in [2.24, 2.45) is 11.3 Å². The molecule has 0 aromatic carbocycles. The normalized spacial score (nSPS) is 12.7. The van der Waals surface area contributed by atoms with Crippen LogP contribution in [0.5, 0.6) is 0 Å². The van der Waals surface area contributed by atoms with Gasteiger partial charge in [0.2, 0.25) is 0 Å². The Morgan fingerprint density at radius 3 is 2.43 bits per heavy atom. The molecule has 0 unspecified atom stereocenters. The summed E-state index contributed by atoms with van der Waals surface area (Å²) in [4.78, 5) is 12.0. The van der Waals surface area contributed by atoms with Gasteiger partial charge in [0.05, 0.1) is 5.69 Å². The maximum Gasteiger partial charge on any atom is 0.273 e. The van der Waals surface area contributed by atoms with Crippen molar-refractivity contribution in [3.8, 4) is 0 Å². The first-order chi connectivity index (χ1) is 9.50. The lowest BCUT2D eigenvalue weighted by atomic mass is 9.81. The van der Waals surface area contributed by atoms with E-state index in [9.17, 15) is 13.2 Å². The fraction of sp³-hybridized carbons (Fsp3) is 0.692. The third kappa shape index (κ3) is 4.20. The van der Waals surface area contributed by atoms with Gasteiger partial charge in [0.15, 0.2) is 5.69 Å². The van der Waals surface area contributed by atoms with Crippen LogP contribution in [0.4, 0.5) is 0 Å². The van der Waals surface area contributed by atoms with Gasteiger partial charge >= 0.3 is 0 Å². The summed E-state index contributed by atoms with van der Waals surface area (Å²) in [5.74, 6) is -0.182. The third-order valence-corrected chi connectivity index (χ3v) is 5.26. The molecule has 0 saturated carbocycles. The Morgan fingerprint density at radius 1 is 1.43 bits per heavy atom. The molecule has 0 aliphatic rings. The van der Waals surface area contributed by atoms with Crippen LogP contribution in [-0.4, -0.2) is 31.1 Å². The summed E-state index contributed by atoms with van der Waals surface area (Å²) in [6.45, 7) is 10.3. The molecule has 0 radical (unpaired) electrons. The van der Waals surface area contributed by atoms with Crippen molar-refractivity contribution in [2.45, 2.75) is 45.9 Å². The molecule has 0 atom stereocenters. The van der Waals surface area contributed by atoms with E-state index in [0.29, 0.717) is 24.6 Å². The van der Waals surface area contributed by atoms with E-state index in [4.69, 9.17) is 10.7 Å². The highest BCUT2D eigenvalue weighted by Gasteiger charge is 2.29. The average molecular weight is 336 g/mol. The van der Waals surface area contributed by atoms with Gasteiger partial charge in [0.25, 0.3) is 15.0 Å². The van der Waals surface area contributed by atoms with Gasteiger partial charge in [-0.15, -0.1) is 0 Å². The fourth-order valence-corrected chi connectivity index (χ4v) is 2.97. The second kappa shape index (κ2) is 6.36. The molecule has 0 fully saturated rings. The molecule has 1 aromatic heterocycles. The minimum absolute atomic E-state index is 0.112. The molecule has 8 heteroatoms. The zero-order valence-corrected chi connectivity index (χ0v) is 14.5. The van der Waals surface area contributed by atoms with Gasteiger partial charge < -0.3 is 5.32 Å². The van der Waals surface area contributed by atoms with Crippen LogP contribution in [0.3, 0.4) is 0 Å². The van der Waals surface area contributed by atoms with E-state index in [0.717, 1.165) is 0 Å². The van der Waals surface area contributed by atoms with Gasteiger partial charge in [-0.1, -0.05) is 34.6 Å². The van der Waals surface area contributed by atoms with Crippen LogP contribution in [0.25, 0.3) is 0 Å². The van der Waals surface area contributed by atoms with Crippen molar-refractivity contribution < 1.29 is 13.2 Å². The first-order valence-corrected chi connectivity index (χ1v) is 9.11. The quantitative estimate of drug-likeness (QED) is 0.780. The molecule has 1 rings (SSSR count). The van der Waals surface area contributed by atoms with Crippen molar-refractivity contribution in [1.29, 1.82) is 0 Å². The van der Waals surface area contributed by atoms with Crippen LogP contribution in [-0.2, 0) is 15.5 Å². The Balaban J connectivity index is 3.02. The van der Waals surface area contributed by atoms with Crippen molar-refractivity contribution in [3.63, 3.8) is 0 Å². The zero-order valence-electron chi connectivity index (χ0n) is 12.9. The number of hydrogen-bond acceptors (Lipinski definition) is 4. The molecule has 6 nitrogen and oxygen atoms in total. The van der Waals surface area contributed by atoms with E-state index in [2.05, 4.69) is 29.4 Å². The number of amides is 1. The summed E-state index contributed by atoms with van der Waals surface area (Å²) in [5.41, 5.74) is 0.0409. The predicted molar refractivity (Wildman–Crippen MR) is 82.0 cm³/mol. The Hall–Kier alpha value is -1.08. The summed E-state index contributed by atoms with van der Waals surface area (Å²) in [6.07, 6.45) is 0.388. The van der Waals surface area contributed by atoms with Gasteiger partial charge in [-0.2, -0.15) is 5.10 Å². The number of aryl methyl sites for hydroxylation is 1. The topological polar surface area (TPSA) is 91.9 Å². The maximum atomic E-state index is 12.2. The molecule has 120 valence electrons. The standard InChI is InChI=1S/C13H22ClN3O3S/c1-6-9-11(21(14,19)20)10(17-16-9)12(18)15-7-13(4,5)8(2)3/h8H,6-7H2,1-5H3,(H,15,18)(H,16,17). The van der Waals surface area contributed by atoms with E-state index >= 15 is 0 Å². The van der Waals surface area contributed by atoms with Crippen LogP contribution >= 0.6 is 10.7 Å². The highest BCUT2D eigenvalue weighted by atomic mass is 35.7. The van der Waals surface area contributed by atoms with Crippen molar-refractivity contribution in [2.75, 3.05) is 6.54 Å². The molecule has 1 amide bonds. The van der Waals surface area contributed by atoms with Gasteiger partial charge in [0, 0.05) is 17.2 Å². The zero-order chi connectivity index (χ0) is 16.4. The lowest BCUT2D eigenvalue weighted by Gasteiger charge is -2.29. The van der Waals surface area contributed by atoms with Gasteiger partial charge in [-0.05, 0) is 17.8 Å². The average Bonchev–Trinajstić information content (AvgIpc) is 2.79. The Morgan fingerprint density at radius 2 is 2.00 bits per heavy atom. The molecular weight excluding hydrogens is 314 g/mol. The van der Waals surface area contributed by atoms with Crippen molar-refractivity contribution in [1.82, 2.24) is 15.5 Å². The van der Waals surface area contributed by atoms with Gasteiger partial charge in [-0.25, -0.2) is 8.42 Å². The summed E-state index contributed by atoms with van der Waals surface area (Å²) >= 11 is 0. The number of hydrogen-bond donors (Lipinski definition) is 2. The number of nitrogens with zero attached hydrogens (tertiary/aromatic N) is 1. The lowest BCUT2D eigenvalue weighted by molar-refractivity contribution is 0.0916. The molecule has 21 heavy (non-hydrogen) atoms. The molecule has 0 aliphatic heterocycles. The number of carbonyl (C=O) groups is 1. The van der Waals surface area contributed by atoms with E-state index in [-0.39, 0.29) is 16.0 Å². The first kappa shape index (κ1) is 18.0. The number of H-pyrrole nitrogens is 1. The molecule has 1 heterocycles. The number of nitrogens with one attached hydrogen (secondary N) is 2. The molecule has 0 saturated heterocycles. The number of halogens is 1. The Kier molecular flexibility index (Phi) is 5.44.